The molecule has 24 heavy (non-hydrogen) atoms. The molecule has 0 spiro atoms. The Balaban J connectivity index is 1.69. The molecule has 3 aromatic rings. The minimum absolute atomic E-state index is 0.167. The highest BCUT2D eigenvalue weighted by Gasteiger charge is 2.06. The minimum atomic E-state index is -0.167. The highest BCUT2D eigenvalue weighted by atomic mass is 16.5. The minimum Gasteiger partial charge on any atom is -0.497 e. The van der Waals surface area contributed by atoms with E-state index in [4.69, 9.17) is 9.47 Å². The maximum absolute atomic E-state index is 12.2. The SMILES string of the molecule is COc1ccc2cc(CNC(=O)c3ccc(OC)nc3)ccc2c1. The Morgan fingerprint density at radius 3 is 2.50 bits per heavy atom. The molecule has 1 N–H and O–H groups in total. The number of nitrogens with zero attached hydrogens (tertiary/aromatic N) is 1. The summed E-state index contributed by atoms with van der Waals surface area (Å²) in [5, 5.41) is 5.10. The van der Waals surface area contributed by atoms with E-state index in [1.165, 1.54) is 13.3 Å². The van der Waals surface area contributed by atoms with Gasteiger partial charge >= 0.3 is 0 Å². The third-order valence-corrected chi connectivity index (χ3v) is 3.77. The van der Waals surface area contributed by atoms with Crippen molar-refractivity contribution in [3.8, 4) is 11.6 Å². The van der Waals surface area contributed by atoms with Crippen LogP contribution in [0.5, 0.6) is 11.6 Å². The molecule has 2 aromatic carbocycles. The fraction of sp³-hybridized carbons (Fsp3) is 0.158. The van der Waals surface area contributed by atoms with Crippen LogP contribution in [-0.4, -0.2) is 25.1 Å². The van der Waals surface area contributed by atoms with E-state index in [-0.39, 0.29) is 5.91 Å². The molecule has 0 fully saturated rings. The van der Waals surface area contributed by atoms with Crippen LogP contribution >= 0.6 is 0 Å². The topological polar surface area (TPSA) is 60.5 Å². The van der Waals surface area contributed by atoms with Gasteiger partial charge in [0.1, 0.15) is 5.75 Å². The lowest BCUT2D eigenvalue weighted by atomic mass is 10.1. The summed E-state index contributed by atoms with van der Waals surface area (Å²) >= 11 is 0. The van der Waals surface area contributed by atoms with E-state index in [9.17, 15) is 4.79 Å². The molecule has 0 unspecified atom stereocenters. The number of hydrogen-bond acceptors (Lipinski definition) is 4. The van der Waals surface area contributed by atoms with Gasteiger partial charge in [0.2, 0.25) is 5.88 Å². The second kappa shape index (κ2) is 7.00. The predicted octanol–water partition coefficient (Wildman–Crippen LogP) is 3.18. The van der Waals surface area contributed by atoms with Crippen molar-refractivity contribution in [3.05, 3.63) is 65.9 Å². The smallest absolute Gasteiger partial charge is 0.253 e. The number of pyridine rings is 1. The molecular weight excluding hydrogens is 304 g/mol. The first-order valence-corrected chi connectivity index (χ1v) is 7.54. The molecule has 0 radical (unpaired) electrons. The number of aromatic nitrogens is 1. The zero-order valence-corrected chi connectivity index (χ0v) is 13.6. The van der Waals surface area contributed by atoms with E-state index < -0.39 is 0 Å². The Kier molecular flexibility index (Phi) is 4.61. The van der Waals surface area contributed by atoms with Gasteiger partial charge in [0, 0.05) is 18.8 Å². The van der Waals surface area contributed by atoms with E-state index >= 15 is 0 Å². The lowest BCUT2D eigenvalue weighted by Crippen LogP contribution is -2.22. The molecule has 1 aromatic heterocycles. The molecule has 1 heterocycles. The molecule has 122 valence electrons. The van der Waals surface area contributed by atoms with Crippen molar-refractivity contribution in [1.29, 1.82) is 0 Å². The predicted molar refractivity (Wildman–Crippen MR) is 92.5 cm³/mol. The molecule has 0 aliphatic heterocycles. The van der Waals surface area contributed by atoms with Crippen LogP contribution in [0.3, 0.4) is 0 Å². The lowest BCUT2D eigenvalue weighted by molar-refractivity contribution is 0.0950. The highest BCUT2D eigenvalue weighted by Crippen LogP contribution is 2.21. The third kappa shape index (κ3) is 3.46. The van der Waals surface area contributed by atoms with Crippen molar-refractivity contribution in [2.75, 3.05) is 14.2 Å². The quantitative estimate of drug-likeness (QED) is 0.784. The van der Waals surface area contributed by atoms with Crippen LogP contribution in [0.1, 0.15) is 15.9 Å². The van der Waals surface area contributed by atoms with Gasteiger partial charge in [-0.3, -0.25) is 4.79 Å². The Morgan fingerprint density at radius 1 is 1.00 bits per heavy atom. The van der Waals surface area contributed by atoms with Crippen LogP contribution in [0, 0.1) is 0 Å². The van der Waals surface area contributed by atoms with Crippen LogP contribution < -0.4 is 14.8 Å². The molecule has 0 atom stereocenters. The Hall–Kier alpha value is -3.08. The van der Waals surface area contributed by atoms with Crippen molar-refractivity contribution >= 4 is 16.7 Å². The largest absolute Gasteiger partial charge is 0.497 e. The Labute approximate surface area is 140 Å². The van der Waals surface area contributed by atoms with E-state index in [2.05, 4.69) is 16.4 Å². The lowest BCUT2D eigenvalue weighted by Gasteiger charge is -2.08. The van der Waals surface area contributed by atoms with Gasteiger partial charge < -0.3 is 14.8 Å². The normalized spacial score (nSPS) is 10.4. The summed E-state index contributed by atoms with van der Waals surface area (Å²) in [5.74, 6) is 1.15. The Bertz CT molecular complexity index is 860. The van der Waals surface area contributed by atoms with Crippen LogP contribution in [-0.2, 0) is 6.54 Å². The summed E-state index contributed by atoms with van der Waals surface area (Å²) < 4.78 is 10.2. The number of benzene rings is 2. The zero-order chi connectivity index (χ0) is 16.9. The number of fused-ring (bicyclic) bond motifs is 1. The fourth-order valence-electron chi connectivity index (χ4n) is 2.43. The van der Waals surface area contributed by atoms with E-state index in [1.54, 1.807) is 19.2 Å². The number of carbonyl (C=O) groups excluding carboxylic acids is 1. The molecule has 1 amide bonds. The second-order valence-electron chi connectivity index (χ2n) is 5.32. The number of carbonyl (C=O) groups is 1. The highest BCUT2D eigenvalue weighted by molar-refractivity contribution is 5.94. The van der Waals surface area contributed by atoms with Crippen molar-refractivity contribution in [2.24, 2.45) is 0 Å². The first kappa shape index (κ1) is 15.8. The van der Waals surface area contributed by atoms with Gasteiger partial charge in [-0.05, 0) is 40.6 Å². The summed E-state index contributed by atoms with van der Waals surface area (Å²) in [7, 11) is 3.19. The molecular formula is C19H18N2O3. The van der Waals surface area contributed by atoms with Crippen LogP contribution in [0.4, 0.5) is 0 Å². The van der Waals surface area contributed by atoms with Crippen LogP contribution in [0.25, 0.3) is 10.8 Å². The van der Waals surface area contributed by atoms with Crippen molar-refractivity contribution in [1.82, 2.24) is 10.3 Å². The van der Waals surface area contributed by atoms with Crippen molar-refractivity contribution in [3.63, 3.8) is 0 Å². The first-order valence-electron chi connectivity index (χ1n) is 7.54. The van der Waals surface area contributed by atoms with Gasteiger partial charge in [0.15, 0.2) is 0 Å². The standard InChI is InChI=1S/C19H18N2O3/c1-23-17-7-5-14-9-13(3-4-15(14)10-17)11-21-19(22)16-6-8-18(24-2)20-12-16/h3-10,12H,11H2,1-2H3,(H,21,22). The summed E-state index contributed by atoms with van der Waals surface area (Å²) in [5.41, 5.74) is 1.53. The number of ether oxygens (including phenoxy) is 2. The van der Waals surface area contributed by atoms with Crippen molar-refractivity contribution < 1.29 is 14.3 Å². The number of hydrogen-bond donors (Lipinski definition) is 1. The zero-order valence-electron chi connectivity index (χ0n) is 13.6. The molecule has 5 nitrogen and oxygen atoms in total. The van der Waals surface area contributed by atoms with Gasteiger partial charge in [-0.25, -0.2) is 4.98 Å². The van der Waals surface area contributed by atoms with Crippen LogP contribution in [0.2, 0.25) is 0 Å². The molecule has 0 saturated heterocycles. The number of nitrogens with one attached hydrogen (secondary N) is 1. The molecule has 0 aliphatic rings. The van der Waals surface area contributed by atoms with Gasteiger partial charge in [0.05, 0.1) is 19.8 Å². The van der Waals surface area contributed by atoms with Gasteiger partial charge in [0.25, 0.3) is 5.91 Å². The van der Waals surface area contributed by atoms with Crippen LogP contribution in [0.15, 0.2) is 54.7 Å². The summed E-state index contributed by atoms with van der Waals surface area (Å²) in [6.45, 7) is 0.451. The molecule has 0 saturated carbocycles. The second-order valence-corrected chi connectivity index (χ2v) is 5.32. The average molecular weight is 322 g/mol. The van der Waals surface area contributed by atoms with Gasteiger partial charge in [-0.1, -0.05) is 18.2 Å². The average Bonchev–Trinajstić information content (AvgIpc) is 2.65. The summed E-state index contributed by atoms with van der Waals surface area (Å²) in [4.78, 5) is 16.2. The third-order valence-electron chi connectivity index (χ3n) is 3.77. The van der Waals surface area contributed by atoms with Crippen molar-refractivity contribution in [2.45, 2.75) is 6.54 Å². The molecule has 5 heteroatoms. The summed E-state index contributed by atoms with van der Waals surface area (Å²) in [6.07, 6.45) is 1.50. The van der Waals surface area contributed by atoms with Gasteiger partial charge in [-0.15, -0.1) is 0 Å². The first-order chi connectivity index (χ1) is 11.7. The van der Waals surface area contributed by atoms with Gasteiger partial charge in [-0.2, -0.15) is 0 Å². The number of amides is 1. The number of rotatable bonds is 5. The monoisotopic (exact) mass is 322 g/mol. The fourth-order valence-corrected chi connectivity index (χ4v) is 2.43. The van der Waals surface area contributed by atoms with E-state index in [0.29, 0.717) is 18.0 Å². The molecule has 0 bridgehead atoms. The molecule has 0 aliphatic carbocycles. The number of methoxy groups -OCH3 is 2. The summed E-state index contributed by atoms with van der Waals surface area (Å²) in [6, 6.07) is 15.3. The van der Waals surface area contributed by atoms with E-state index in [0.717, 1.165) is 22.1 Å². The maximum Gasteiger partial charge on any atom is 0.253 e. The maximum atomic E-state index is 12.2. The molecule has 3 rings (SSSR count). The van der Waals surface area contributed by atoms with E-state index in [1.807, 2.05) is 30.3 Å². The Morgan fingerprint density at radius 2 is 1.79 bits per heavy atom.